The van der Waals surface area contributed by atoms with E-state index in [4.69, 9.17) is 4.52 Å². The number of halogens is 1. The van der Waals surface area contributed by atoms with Crippen LogP contribution in [0, 0.1) is 12.7 Å². The third-order valence-electron chi connectivity index (χ3n) is 4.23. The monoisotopic (exact) mass is 368 g/mol. The lowest BCUT2D eigenvalue weighted by Crippen LogP contribution is -2.43. The highest BCUT2D eigenvalue weighted by Crippen LogP contribution is 2.20. The van der Waals surface area contributed by atoms with E-state index >= 15 is 0 Å². The van der Waals surface area contributed by atoms with Crippen molar-refractivity contribution in [3.63, 3.8) is 0 Å². The fourth-order valence-corrected chi connectivity index (χ4v) is 3.71. The van der Waals surface area contributed by atoms with Crippen molar-refractivity contribution >= 4 is 10.0 Å². The second kappa shape index (κ2) is 7.19. The van der Waals surface area contributed by atoms with Gasteiger partial charge in [-0.3, -0.25) is 4.90 Å². The van der Waals surface area contributed by atoms with Gasteiger partial charge in [-0.15, -0.1) is 0 Å². The van der Waals surface area contributed by atoms with Gasteiger partial charge in [-0.2, -0.15) is 4.98 Å². The minimum absolute atomic E-state index is 0.0278. The van der Waals surface area contributed by atoms with Gasteiger partial charge in [-0.05, 0) is 31.4 Å². The average Bonchev–Trinajstić information content (AvgIpc) is 2.99. The van der Waals surface area contributed by atoms with Gasteiger partial charge >= 0.3 is 0 Å². The smallest absolute Gasteiger partial charge is 0.241 e. The maximum atomic E-state index is 13.7. The van der Waals surface area contributed by atoms with Crippen LogP contribution in [0.1, 0.15) is 24.3 Å². The lowest BCUT2D eigenvalue weighted by atomic mass is 10.1. The molecule has 25 heavy (non-hydrogen) atoms. The van der Waals surface area contributed by atoms with Crippen molar-refractivity contribution in [2.45, 2.75) is 32.4 Å². The van der Waals surface area contributed by atoms with Crippen LogP contribution in [-0.4, -0.2) is 48.8 Å². The number of sulfonamides is 1. The van der Waals surface area contributed by atoms with Crippen LogP contribution in [0.25, 0.3) is 11.4 Å². The molecular formula is C16H21FN4O3S. The average molecular weight is 368 g/mol. The molecule has 1 fully saturated rings. The van der Waals surface area contributed by atoms with Crippen LogP contribution in [0.5, 0.6) is 0 Å². The largest absolute Gasteiger partial charge is 0.338 e. The van der Waals surface area contributed by atoms with Crippen molar-refractivity contribution < 1.29 is 17.3 Å². The lowest BCUT2D eigenvalue weighted by molar-refractivity contribution is 0.177. The fraction of sp³-hybridized carbons (Fsp3) is 0.500. The molecular weight excluding hydrogens is 347 g/mol. The number of aromatic nitrogens is 2. The Morgan fingerprint density at radius 2 is 2.08 bits per heavy atom. The molecule has 0 atom stereocenters. The summed E-state index contributed by atoms with van der Waals surface area (Å²) in [5.74, 6) is 0.525. The van der Waals surface area contributed by atoms with E-state index in [0.29, 0.717) is 29.4 Å². The van der Waals surface area contributed by atoms with Crippen molar-refractivity contribution in [1.82, 2.24) is 19.8 Å². The van der Waals surface area contributed by atoms with Crippen molar-refractivity contribution in [2.24, 2.45) is 0 Å². The molecule has 1 aromatic carbocycles. The number of hydrogen-bond donors (Lipinski definition) is 1. The Balaban J connectivity index is 1.58. The van der Waals surface area contributed by atoms with Gasteiger partial charge in [0.25, 0.3) is 0 Å². The van der Waals surface area contributed by atoms with E-state index in [1.54, 1.807) is 19.1 Å². The van der Waals surface area contributed by atoms with Crippen molar-refractivity contribution in [2.75, 3.05) is 19.3 Å². The Hall–Kier alpha value is -1.84. The molecule has 0 bridgehead atoms. The first-order valence-electron chi connectivity index (χ1n) is 8.09. The highest BCUT2D eigenvalue weighted by atomic mass is 32.2. The minimum atomic E-state index is -3.17. The molecule has 1 aliphatic rings. The van der Waals surface area contributed by atoms with Crippen molar-refractivity contribution in [1.29, 1.82) is 0 Å². The summed E-state index contributed by atoms with van der Waals surface area (Å²) in [6, 6.07) is 4.81. The first-order chi connectivity index (χ1) is 11.8. The predicted molar refractivity (Wildman–Crippen MR) is 90.7 cm³/mol. The summed E-state index contributed by atoms with van der Waals surface area (Å²) in [6.45, 7) is 3.67. The van der Waals surface area contributed by atoms with Crippen LogP contribution >= 0.6 is 0 Å². The first kappa shape index (κ1) is 18.0. The summed E-state index contributed by atoms with van der Waals surface area (Å²) in [5, 5.41) is 3.92. The topological polar surface area (TPSA) is 88.3 Å². The van der Waals surface area contributed by atoms with Crippen LogP contribution in [0.4, 0.5) is 4.39 Å². The standard InChI is InChI=1S/C16H21FN4O3S/c1-11-3-4-12(9-14(11)17)16-18-15(24-19-16)10-21-7-5-13(6-8-21)20-25(2,22)23/h3-4,9,13,20H,5-8,10H2,1-2H3. The molecule has 1 aliphatic heterocycles. The second-order valence-corrected chi connectivity index (χ2v) is 8.20. The van der Waals surface area contributed by atoms with E-state index in [-0.39, 0.29) is 11.9 Å². The van der Waals surface area contributed by atoms with Crippen molar-refractivity contribution in [3.8, 4) is 11.4 Å². The molecule has 1 saturated heterocycles. The van der Waals surface area contributed by atoms with E-state index in [1.807, 2.05) is 0 Å². The molecule has 0 saturated carbocycles. The maximum Gasteiger partial charge on any atom is 0.241 e. The Bertz CT molecular complexity index is 845. The zero-order valence-electron chi connectivity index (χ0n) is 14.2. The summed E-state index contributed by atoms with van der Waals surface area (Å²) in [7, 11) is -3.17. The van der Waals surface area contributed by atoms with Gasteiger partial charge in [0.05, 0.1) is 12.8 Å². The van der Waals surface area contributed by atoms with Crippen LogP contribution in [0.15, 0.2) is 22.7 Å². The maximum absolute atomic E-state index is 13.7. The normalized spacial score (nSPS) is 17.1. The molecule has 2 aromatic rings. The molecule has 0 aliphatic carbocycles. The van der Waals surface area contributed by atoms with E-state index in [1.165, 1.54) is 12.3 Å². The number of nitrogens with one attached hydrogen (secondary N) is 1. The third-order valence-corrected chi connectivity index (χ3v) is 4.99. The summed E-state index contributed by atoms with van der Waals surface area (Å²) < 4.78 is 44.1. The van der Waals surface area contributed by atoms with E-state index < -0.39 is 10.0 Å². The van der Waals surface area contributed by atoms with Gasteiger partial charge in [0.2, 0.25) is 21.7 Å². The van der Waals surface area contributed by atoms with Crippen molar-refractivity contribution in [3.05, 3.63) is 35.5 Å². The number of nitrogens with zero attached hydrogens (tertiary/aromatic N) is 3. The van der Waals surface area contributed by atoms with Gasteiger partial charge in [0.1, 0.15) is 5.82 Å². The Labute approximate surface area is 146 Å². The van der Waals surface area contributed by atoms with E-state index in [0.717, 1.165) is 25.9 Å². The Kier molecular flexibility index (Phi) is 5.16. The molecule has 2 heterocycles. The zero-order chi connectivity index (χ0) is 18.0. The van der Waals surface area contributed by atoms with E-state index in [2.05, 4.69) is 19.8 Å². The van der Waals surface area contributed by atoms with Gasteiger partial charge in [0.15, 0.2) is 0 Å². The number of hydrogen-bond acceptors (Lipinski definition) is 6. The van der Waals surface area contributed by atoms with Crippen LogP contribution < -0.4 is 4.72 Å². The molecule has 0 radical (unpaired) electrons. The molecule has 1 N–H and O–H groups in total. The third kappa shape index (κ3) is 4.83. The molecule has 136 valence electrons. The van der Waals surface area contributed by atoms with Crippen LogP contribution in [0.2, 0.25) is 0 Å². The van der Waals surface area contributed by atoms with Gasteiger partial charge in [-0.25, -0.2) is 17.5 Å². The minimum Gasteiger partial charge on any atom is -0.338 e. The highest BCUT2D eigenvalue weighted by Gasteiger charge is 2.23. The molecule has 1 aromatic heterocycles. The Morgan fingerprint density at radius 3 is 2.72 bits per heavy atom. The van der Waals surface area contributed by atoms with Gasteiger partial charge in [-0.1, -0.05) is 17.3 Å². The number of aryl methyl sites for hydroxylation is 1. The molecule has 0 spiro atoms. The quantitative estimate of drug-likeness (QED) is 0.864. The second-order valence-electron chi connectivity index (χ2n) is 6.42. The molecule has 9 heteroatoms. The highest BCUT2D eigenvalue weighted by molar-refractivity contribution is 7.88. The van der Waals surface area contributed by atoms with E-state index in [9.17, 15) is 12.8 Å². The summed E-state index contributed by atoms with van der Waals surface area (Å²) in [4.78, 5) is 6.46. The summed E-state index contributed by atoms with van der Waals surface area (Å²) in [6.07, 6.45) is 2.64. The molecule has 0 amide bonds. The van der Waals surface area contributed by atoms with Crippen LogP contribution in [-0.2, 0) is 16.6 Å². The summed E-state index contributed by atoms with van der Waals surface area (Å²) in [5.41, 5.74) is 1.15. The Morgan fingerprint density at radius 1 is 1.36 bits per heavy atom. The van der Waals surface area contributed by atoms with Gasteiger partial charge in [0, 0.05) is 24.7 Å². The van der Waals surface area contributed by atoms with Crippen LogP contribution in [0.3, 0.4) is 0 Å². The number of likely N-dealkylation sites (tertiary alicyclic amines) is 1. The predicted octanol–water partition coefficient (Wildman–Crippen LogP) is 1.70. The van der Waals surface area contributed by atoms with Gasteiger partial charge < -0.3 is 4.52 Å². The number of piperidine rings is 1. The first-order valence-corrected chi connectivity index (χ1v) is 9.98. The molecule has 7 nitrogen and oxygen atoms in total. The summed E-state index contributed by atoms with van der Waals surface area (Å²) >= 11 is 0. The number of benzene rings is 1. The fourth-order valence-electron chi connectivity index (χ4n) is 2.87. The molecule has 3 rings (SSSR count). The SMILES string of the molecule is Cc1ccc(-c2noc(CN3CCC(NS(C)(=O)=O)CC3)n2)cc1F. The molecule has 0 unspecified atom stereocenters. The lowest BCUT2D eigenvalue weighted by Gasteiger charge is -2.30. The zero-order valence-corrected chi connectivity index (χ0v) is 15.0. The number of rotatable bonds is 5.